The molecule has 1 aromatic heterocycles. The molecular formula is C20H15F3N2O2S. The van der Waals surface area contributed by atoms with Gasteiger partial charge >= 0.3 is 0 Å². The van der Waals surface area contributed by atoms with E-state index in [1.54, 1.807) is 36.4 Å². The lowest BCUT2D eigenvalue weighted by molar-refractivity contribution is 0.102. The van der Waals surface area contributed by atoms with E-state index in [2.05, 4.69) is 10.3 Å². The molecule has 0 aliphatic rings. The molecule has 4 nitrogen and oxygen atoms in total. The Hall–Kier alpha value is -3.00. The van der Waals surface area contributed by atoms with Crippen LogP contribution in [0.1, 0.15) is 15.9 Å². The standard InChI is InChI=1S/C20H15F3N2O2S/c21-14-5-2-7-16(11-14)27-12-13-4-1-6-15(10-13)25-18(26)17-8-3-9-24-19(17)28-20(22)23/h1-11,20H,12H2,(H,25,26). The molecule has 8 heteroatoms. The molecule has 0 fully saturated rings. The molecule has 0 radical (unpaired) electrons. The zero-order valence-corrected chi connectivity index (χ0v) is 15.3. The van der Waals surface area contributed by atoms with E-state index in [1.807, 2.05) is 0 Å². The van der Waals surface area contributed by atoms with Gasteiger partial charge in [0.1, 0.15) is 23.2 Å². The van der Waals surface area contributed by atoms with Gasteiger partial charge in [-0.1, -0.05) is 18.2 Å². The highest BCUT2D eigenvalue weighted by atomic mass is 32.2. The molecule has 144 valence electrons. The molecule has 1 heterocycles. The molecule has 0 unspecified atom stereocenters. The van der Waals surface area contributed by atoms with Gasteiger partial charge in [-0.15, -0.1) is 0 Å². The first-order valence-electron chi connectivity index (χ1n) is 8.20. The number of nitrogens with zero attached hydrogens (tertiary/aromatic N) is 1. The normalized spacial score (nSPS) is 10.7. The topological polar surface area (TPSA) is 51.2 Å². The zero-order chi connectivity index (χ0) is 19.9. The van der Waals surface area contributed by atoms with Crippen LogP contribution in [0.5, 0.6) is 5.75 Å². The van der Waals surface area contributed by atoms with Gasteiger partial charge in [0.05, 0.1) is 5.56 Å². The Balaban J connectivity index is 1.68. The third kappa shape index (κ3) is 5.50. The number of rotatable bonds is 7. The number of benzene rings is 2. The quantitative estimate of drug-likeness (QED) is 0.538. The summed E-state index contributed by atoms with van der Waals surface area (Å²) in [6.45, 7) is 0.173. The van der Waals surface area contributed by atoms with Gasteiger partial charge in [0.15, 0.2) is 0 Å². The number of carbonyl (C=O) groups excluding carboxylic acids is 1. The lowest BCUT2D eigenvalue weighted by atomic mass is 10.2. The van der Waals surface area contributed by atoms with Crippen molar-refractivity contribution >= 4 is 23.4 Å². The van der Waals surface area contributed by atoms with Crippen LogP contribution < -0.4 is 10.1 Å². The van der Waals surface area contributed by atoms with Crippen molar-refractivity contribution in [2.75, 3.05) is 5.32 Å². The van der Waals surface area contributed by atoms with Crippen molar-refractivity contribution in [3.05, 3.63) is 83.8 Å². The first kappa shape index (κ1) is 19.8. The fourth-order valence-electron chi connectivity index (χ4n) is 2.40. The van der Waals surface area contributed by atoms with Crippen LogP contribution in [-0.4, -0.2) is 16.6 Å². The van der Waals surface area contributed by atoms with Crippen LogP contribution in [0.25, 0.3) is 0 Å². The Labute approximate surface area is 163 Å². The van der Waals surface area contributed by atoms with Crippen LogP contribution in [0.3, 0.4) is 0 Å². The van der Waals surface area contributed by atoms with E-state index >= 15 is 0 Å². The maximum Gasteiger partial charge on any atom is 0.290 e. The zero-order valence-electron chi connectivity index (χ0n) is 14.4. The average molecular weight is 404 g/mol. The molecule has 0 bridgehead atoms. The van der Waals surface area contributed by atoms with Gasteiger partial charge in [-0.05, 0) is 53.7 Å². The predicted molar refractivity (Wildman–Crippen MR) is 101 cm³/mol. The van der Waals surface area contributed by atoms with Crippen molar-refractivity contribution in [3.8, 4) is 5.75 Å². The van der Waals surface area contributed by atoms with Gasteiger partial charge in [0, 0.05) is 18.0 Å². The predicted octanol–water partition coefficient (Wildman–Crippen LogP) is 5.37. The molecule has 0 saturated heterocycles. The number of hydrogen-bond donors (Lipinski definition) is 1. The van der Waals surface area contributed by atoms with E-state index in [1.165, 1.54) is 30.5 Å². The van der Waals surface area contributed by atoms with E-state index in [-0.39, 0.29) is 29.0 Å². The molecule has 1 N–H and O–H groups in total. The average Bonchev–Trinajstić information content (AvgIpc) is 2.67. The number of ether oxygens (including phenoxy) is 1. The third-order valence-electron chi connectivity index (χ3n) is 3.60. The molecule has 0 spiro atoms. The smallest absolute Gasteiger partial charge is 0.290 e. The van der Waals surface area contributed by atoms with Gasteiger partial charge in [0.25, 0.3) is 11.7 Å². The molecule has 1 amide bonds. The van der Waals surface area contributed by atoms with E-state index in [0.717, 1.165) is 5.56 Å². The number of hydrogen-bond acceptors (Lipinski definition) is 4. The lowest BCUT2D eigenvalue weighted by Gasteiger charge is -2.11. The summed E-state index contributed by atoms with van der Waals surface area (Å²) in [5, 5.41) is 2.63. The van der Waals surface area contributed by atoms with Gasteiger partial charge < -0.3 is 10.1 Å². The van der Waals surface area contributed by atoms with Crippen LogP contribution in [0.2, 0.25) is 0 Å². The van der Waals surface area contributed by atoms with Crippen molar-refractivity contribution < 1.29 is 22.7 Å². The van der Waals surface area contributed by atoms with Crippen molar-refractivity contribution in [2.24, 2.45) is 0 Å². The fourth-order valence-corrected chi connectivity index (χ4v) is 2.98. The lowest BCUT2D eigenvalue weighted by Crippen LogP contribution is -2.14. The van der Waals surface area contributed by atoms with Crippen LogP contribution in [0.15, 0.2) is 71.9 Å². The number of thioether (sulfide) groups is 1. The number of carbonyl (C=O) groups is 1. The minimum absolute atomic E-state index is 0.0411. The third-order valence-corrected chi connectivity index (χ3v) is 4.33. The molecule has 0 atom stereocenters. The summed E-state index contributed by atoms with van der Waals surface area (Å²) < 4.78 is 44.0. The molecule has 2 aromatic carbocycles. The first-order valence-corrected chi connectivity index (χ1v) is 9.08. The van der Waals surface area contributed by atoms with Crippen molar-refractivity contribution in [1.29, 1.82) is 0 Å². The summed E-state index contributed by atoms with van der Waals surface area (Å²) in [4.78, 5) is 16.3. The first-order chi connectivity index (χ1) is 13.5. The summed E-state index contributed by atoms with van der Waals surface area (Å²) >= 11 is 0.218. The van der Waals surface area contributed by atoms with Crippen LogP contribution in [0.4, 0.5) is 18.9 Å². The highest BCUT2D eigenvalue weighted by Gasteiger charge is 2.16. The fraction of sp³-hybridized carbons (Fsp3) is 0.100. The molecule has 3 rings (SSSR count). The Morgan fingerprint density at radius 2 is 1.93 bits per heavy atom. The van der Waals surface area contributed by atoms with Crippen molar-refractivity contribution in [1.82, 2.24) is 4.98 Å². The Morgan fingerprint density at radius 3 is 2.71 bits per heavy atom. The highest BCUT2D eigenvalue weighted by molar-refractivity contribution is 7.99. The molecule has 0 aliphatic heterocycles. The number of halogens is 3. The van der Waals surface area contributed by atoms with Gasteiger partial charge in [0.2, 0.25) is 0 Å². The number of pyridine rings is 1. The number of aromatic nitrogens is 1. The molecule has 3 aromatic rings. The van der Waals surface area contributed by atoms with Crippen LogP contribution in [0, 0.1) is 5.82 Å². The van der Waals surface area contributed by atoms with E-state index in [0.29, 0.717) is 11.4 Å². The van der Waals surface area contributed by atoms with Crippen molar-refractivity contribution in [2.45, 2.75) is 17.4 Å². The summed E-state index contributed by atoms with van der Waals surface area (Å²) in [5.41, 5.74) is 1.28. The Morgan fingerprint density at radius 1 is 1.11 bits per heavy atom. The highest BCUT2D eigenvalue weighted by Crippen LogP contribution is 2.27. The van der Waals surface area contributed by atoms with E-state index in [4.69, 9.17) is 4.74 Å². The number of anilines is 1. The van der Waals surface area contributed by atoms with Crippen LogP contribution in [-0.2, 0) is 6.61 Å². The summed E-state index contributed by atoms with van der Waals surface area (Å²) in [6.07, 6.45) is 1.35. The maximum atomic E-state index is 13.2. The summed E-state index contributed by atoms with van der Waals surface area (Å²) in [7, 11) is 0. The van der Waals surface area contributed by atoms with Gasteiger partial charge in [-0.25, -0.2) is 9.37 Å². The number of alkyl halides is 2. The van der Waals surface area contributed by atoms with Crippen LogP contribution >= 0.6 is 11.8 Å². The minimum Gasteiger partial charge on any atom is -0.489 e. The monoisotopic (exact) mass is 404 g/mol. The van der Waals surface area contributed by atoms with E-state index in [9.17, 15) is 18.0 Å². The second-order valence-corrected chi connectivity index (χ2v) is 6.61. The van der Waals surface area contributed by atoms with Gasteiger partial charge in [-0.3, -0.25) is 4.79 Å². The second kappa shape index (κ2) is 9.27. The SMILES string of the molecule is O=C(Nc1cccc(COc2cccc(F)c2)c1)c1cccnc1SC(F)F. The minimum atomic E-state index is -2.68. The van der Waals surface area contributed by atoms with E-state index < -0.39 is 17.5 Å². The summed E-state index contributed by atoms with van der Waals surface area (Å²) in [6, 6.07) is 15.6. The van der Waals surface area contributed by atoms with Gasteiger partial charge in [-0.2, -0.15) is 8.78 Å². The largest absolute Gasteiger partial charge is 0.489 e. The van der Waals surface area contributed by atoms with Crippen molar-refractivity contribution in [3.63, 3.8) is 0 Å². The second-order valence-electron chi connectivity index (χ2n) is 5.64. The molecule has 28 heavy (non-hydrogen) atoms. The number of nitrogens with one attached hydrogen (secondary N) is 1. The Bertz CT molecular complexity index is 969. The molecular weight excluding hydrogens is 389 g/mol. The number of amides is 1. The Kier molecular flexibility index (Phi) is 6.54. The maximum absolute atomic E-state index is 13.2. The summed E-state index contributed by atoms with van der Waals surface area (Å²) in [5.74, 6) is -3.23. The molecule has 0 saturated carbocycles. The molecule has 0 aliphatic carbocycles.